The smallest absolute Gasteiger partial charge is 0.453 e. The number of nitrogens with zero attached hydrogens (tertiary/aromatic N) is 1. The summed E-state index contributed by atoms with van der Waals surface area (Å²) in [4.78, 5) is 2.26. The molecule has 4 nitrogen and oxygen atoms in total. The van der Waals surface area contributed by atoms with Gasteiger partial charge in [0.1, 0.15) is 0 Å². The van der Waals surface area contributed by atoms with Crippen molar-refractivity contribution in [3.63, 3.8) is 0 Å². The Balaban J connectivity index is 1.44. The van der Waals surface area contributed by atoms with Crippen molar-refractivity contribution in [3.8, 4) is 22.6 Å². The van der Waals surface area contributed by atoms with Crippen LogP contribution in [0.25, 0.3) is 11.1 Å². The predicted octanol–water partition coefficient (Wildman–Crippen LogP) is 7.23. The summed E-state index contributed by atoms with van der Waals surface area (Å²) in [5.74, 6) is 1.59. The Morgan fingerprint density at radius 2 is 1.26 bits per heavy atom. The molecule has 2 aliphatic rings. The quantitative estimate of drug-likeness (QED) is 0.265. The fourth-order valence-electron chi connectivity index (χ4n) is 4.63. The molecule has 0 unspecified atom stereocenters. The Morgan fingerprint density at radius 3 is 2.03 bits per heavy atom. The van der Waals surface area contributed by atoms with Crippen molar-refractivity contribution < 1.29 is 14.0 Å². The molecule has 2 heterocycles. The van der Waals surface area contributed by atoms with Gasteiger partial charge in [0.15, 0.2) is 11.5 Å². The van der Waals surface area contributed by atoms with Crippen molar-refractivity contribution in [2.75, 3.05) is 4.90 Å². The normalized spacial score (nSPS) is 17.5. The first-order valence-corrected chi connectivity index (χ1v) is 12.0. The number of rotatable bonds is 3. The van der Waals surface area contributed by atoms with Crippen molar-refractivity contribution in [1.29, 1.82) is 0 Å². The van der Waals surface area contributed by atoms with Crippen LogP contribution in [0.15, 0.2) is 97.1 Å². The number of anilines is 3. The zero-order valence-corrected chi connectivity index (χ0v) is 20.5. The topological polar surface area (TPSA) is 30.9 Å². The van der Waals surface area contributed by atoms with Crippen LogP contribution in [0.5, 0.6) is 11.5 Å². The maximum Gasteiger partial charge on any atom is 0.494 e. The van der Waals surface area contributed by atoms with E-state index in [1.807, 2.05) is 30.3 Å². The van der Waals surface area contributed by atoms with Crippen molar-refractivity contribution in [2.45, 2.75) is 38.9 Å². The summed E-state index contributed by atoms with van der Waals surface area (Å²) in [6.45, 7) is 8.28. The Morgan fingerprint density at radius 1 is 0.600 bits per heavy atom. The highest BCUT2D eigenvalue weighted by Gasteiger charge is 2.52. The number of hydrogen-bond donors (Lipinski definition) is 0. The van der Waals surface area contributed by atoms with Gasteiger partial charge >= 0.3 is 7.12 Å². The van der Waals surface area contributed by atoms with Gasteiger partial charge in [-0.2, -0.15) is 0 Å². The van der Waals surface area contributed by atoms with E-state index in [2.05, 4.69) is 99.3 Å². The van der Waals surface area contributed by atoms with E-state index < -0.39 is 18.3 Å². The van der Waals surface area contributed by atoms with Crippen LogP contribution < -0.4 is 15.1 Å². The molecule has 1 fully saturated rings. The first kappa shape index (κ1) is 22.0. The Hall–Kier alpha value is -3.54. The summed E-state index contributed by atoms with van der Waals surface area (Å²) in [6.07, 6.45) is 0. The van der Waals surface area contributed by atoms with E-state index in [9.17, 15) is 0 Å². The molecule has 0 saturated carbocycles. The van der Waals surface area contributed by atoms with E-state index in [-0.39, 0.29) is 0 Å². The zero-order chi connectivity index (χ0) is 24.2. The number of hydrogen-bond acceptors (Lipinski definition) is 4. The highest BCUT2D eigenvalue weighted by molar-refractivity contribution is 6.62. The standard InChI is InChI=1S/C30H28BNO3/c1-29(2)30(3,4)35-31(34-29)23-17-18-26-28(20-23)33-27-16-9-8-15-25(27)32(26)24-14-10-13-22(19-24)21-11-6-5-7-12-21/h5-20H,1-4H3. The van der Waals surface area contributed by atoms with Gasteiger partial charge in [0.25, 0.3) is 0 Å². The van der Waals surface area contributed by atoms with E-state index in [1.165, 1.54) is 11.1 Å². The second kappa shape index (κ2) is 8.01. The van der Waals surface area contributed by atoms with Crippen LogP contribution in [0.3, 0.4) is 0 Å². The van der Waals surface area contributed by atoms with Gasteiger partial charge in [0.05, 0.1) is 22.6 Å². The molecule has 4 aromatic rings. The average molecular weight is 461 g/mol. The van der Waals surface area contributed by atoms with Crippen LogP contribution in [0.2, 0.25) is 0 Å². The third-order valence-electron chi connectivity index (χ3n) is 7.29. The Bertz CT molecular complexity index is 1380. The van der Waals surface area contributed by atoms with E-state index in [0.717, 1.165) is 34.0 Å². The van der Waals surface area contributed by atoms with Gasteiger partial charge in [-0.05, 0) is 80.7 Å². The fourth-order valence-corrected chi connectivity index (χ4v) is 4.63. The lowest BCUT2D eigenvalue weighted by Gasteiger charge is -2.33. The second-order valence-electron chi connectivity index (χ2n) is 10.1. The summed E-state index contributed by atoms with van der Waals surface area (Å²) in [5.41, 5.74) is 5.57. The number of ether oxygens (including phenoxy) is 1. The first-order valence-electron chi connectivity index (χ1n) is 12.0. The van der Waals surface area contributed by atoms with Crippen molar-refractivity contribution in [2.24, 2.45) is 0 Å². The van der Waals surface area contributed by atoms with Crippen LogP contribution in [0.1, 0.15) is 27.7 Å². The van der Waals surface area contributed by atoms with E-state index in [0.29, 0.717) is 0 Å². The maximum atomic E-state index is 6.40. The minimum Gasteiger partial charge on any atom is -0.453 e. The largest absolute Gasteiger partial charge is 0.494 e. The van der Waals surface area contributed by atoms with E-state index in [1.54, 1.807) is 0 Å². The Labute approximate surface area is 207 Å². The minimum atomic E-state index is -0.444. The fraction of sp³-hybridized carbons (Fsp3) is 0.200. The molecule has 0 N–H and O–H groups in total. The molecule has 0 aliphatic carbocycles. The zero-order valence-electron chi connectivity index (χ0n) is 20.5. The molecule has 2 aliphatic heterocycles. The highest BCUT2D eigenvalue weighted by atomic mass is 16.7. The van der Waals surface area contributed by atoms with Crippen LogP contribution in [0, 0.1) is 0 Å². The van der Waals surface area contributed by atoms with Gasteiger partial charge in [-0.15, -0.1) is 0 Å². The summed E-state index contributed by atoms with van der Waals surface area (Å²) in [7, 11) is -0.444. The summed E-state index contributed by atoms with van der Waals surface area (Å²) < 4.78 is 19.0. The van der Waals surface area contributed by atoms with Crippen molar-refractivity contribution in [1.82, 2.24) is 0 Å². The summed E-state index contributed by atoms with van der Waals surface area (Å²) >= 11 is 0. The van der Waals surface area contributed by atoms with Crippen LogP contribution >= 0.6 is 0 Å². The molecular weight excluding hydrogens is 433 g/mol. The lowest BCUT2D eigenvalue weighted by atomic mass is 9.79. The second-order valence-corrected chi connectivity index (χ2v) is 10.1. The average Bonchev–Trinajstić information content (AvgIpc) is 3.09. The summed E-state index contributed by atoms with van der Waals surface area (Å²) in [5, 5.41) is 0. The van der Waals surface area contributed by atoms with Crippen LogP contribution in [-0.2, 0) is 9.31 Å². The molecule has 4 aromatic carbocycles. The van der Waals surface area contributed by atoms with Crippen LogP contribution in [0.4, 0.5) is 17.1 Å². The lowest BCUT2D eigenvalue weighted by molar-refractivity contribution is 0.00578. The molecular formula is C30H28BNO3. The molecule has 174 valence electrons. The van der Waals surface area contributed by atoms with Gasteiger partial charge in [0.2, 0.25) is 0 Å². The van der Waals surface area contributed by atoms with Gasteiger partial charge in [-0.25, -0.2) is 0 Å². The number of benzene rings is 4. The third kappa shape index (κ3) is 3.72. The first-order chi connectivity index (χ1) is 16.8. The monoisotopic (exact) mass is 461 g/mol. The third-order valence-corrected chi connectivity index (χ3v) is 7.29. The molecule has 35 heavy (non-hydrogen) atoms. The number of para-hydroxylation sites is 2. The lowest BCUT2D eigenvalue weighted by Crippen LogP contribution is -2.41. The maximum absolute atomic E-state index is 6.40. The highest BCUT2D eigenvalue weighted by Crippen LogP contribution is 2.50. The van der Waals surface area contributed by atoms with Gasteiger partial charge in [-0.1, -0.05) is 60.7 Å². The SMILES string of the molecule is CC1(C)OB(c2ccc3c(c2)Oc2ccccc2N3c2cccc(-c3ccccc3)c2)OC1(C)C. The Kier molecular flexibility index (Phi) is 5.03. The summed E-state index contributed by atoms with van der Waals surface area (Å²) in [6, 6.07) is 33.4. The van der Waals surface area contributed by atoms with Gasteiger partial charge < -0.3 is 18.9 Å². The molecule has 0 aromatic heterocycles. The van der Waals surface area contributed by atoms with Crippen LogP contribution in [-0.4, -0.2) is 18.3 Å². The molecule has 0 amide bonds. The van der Waals surface area contributed by atoms with Gasteiger partial charge in [0, 0.05) is 5.69 Å². The molecule has 0 bridgehead atoms. The number of fused-ring (bicyclic) bond motifs is 2. The molecule has 0 atom stereocenters. The van der Waals surface area contributed by atoms with Crippen molar-refractivity contribution in [3.05, 3.63) is 97.1 Å². The molecule has 0 spiro atoms. The minimum absolute atomic E-state index is 0.398. The van der Waals surface area contributed by atoms with E-state index >= 15 is 0 Å². The molecule has 6 rings (SSSR count). The van der Waals surface area contributed by atoms with E-state index in [4.69, 9.17) is 14.0 Å². The predicted molar refractivity (Wildman–Crippen MR) is 142 cm³/mol. The molecule has 1 saturated heterocycles. The van der Waals surface area contributed by atoms with Crippen molar-refractivity contribution >= 4 is 29.6 Å². The van der Waals surface area contributed by atoms with Gasteiger partial charge in [-0.3, -0.25) is 0 Å². The molecule has 0 radical (unpaired) electrons. The molecule has 5 heteroatoms.